The molecule has 0 aliphatic carbocycles. The van der Waals surface area contributed by atoms with Crippen molar-refractivity contribution in [3.8, 4) is 17.6 Å². The van der Waals surface area contributed by atoms with Crippen LogP contribution in [0.15, 0.2) is 30.3 Å². The van der Waals surface area contributed by atoms with Crippen molar-refractivity contribution in [2.75, 3.05) is 38.4 Å². The summed E-state index contributed by atoms with van der Waals surface area (Å²) in [5.41, 5.74) is 3.09. The number of hydrogen-bond acceptors (Lipinski definition) is 5. The molecule has 0 N–H and O–H groups in total. The standard InChI is InChI=1S/C19H14N2O3.C4H8O/c1-21-14-4-2-3-12(9-20)17(14)19(18(21)22)10-24-16-8-15-11(5-6-23-15)7-13(16)19;1-2-4-5-3-1/h2-4,7-8H,5-6,10H2,1H3;1-4H2. The predicted octanol–water partition coefficient (Wildman–Crippen LogP) is 2.94. The Morgan fingerprint density at radius 2 is 1.93 bits per heavy atom. The second-order valence-electron chi connectivity index (χ2n) is 7.74. The van der Waals surface area contributed by atoms with Gasteiger partial charge in [-0.05, 0) is 36.6 Å². The Balaban J connectivity index is 0.000000319. The summed E-state index contributed by atoms with van der Waals surface area (Å²) < 4.78 is 16.5. The number of ether oxygens (including phenoxy) is 3. The molecule has 4 aliphatic heterocycles. The molecule has 1 amide bonds. The quantitative estimate of drug-likeness (QED) is 0.692. The van der Waals surface area contributed by atoms with Crippen LogP contribution in [-0.2, 0) is 21.4 Å². The van der Waals surface area contributed by atoms with E-state index in [1.807, 2.05) is 24.3 Å². The fraction of sp³-hybridized carbons (Fsp3) is 0.391. The predicted molar refractivity (Wildman–Crippen MR) is 107 cm³/mol. The maximum Gasteiger partial charge on any atom is 0.245 e. The first kappa shape index (κ1) is 18.0. The molecule has 4 aliphatic rings. The summed E-state index contributed by atoms with van der Waals surface area (Å²) in [4.78, 5) is 14.9. The third kappa shape index (κ3) is 2.54. The van der Waals surface area contributed by atoms with E-state index in [2.05, 4.69) is 6.07 Å². The highest BCUT2D eigenvalue weighted by atomic mass is 16.5. The van der Waals surface area contributed by atoms with Gasteiger partial charge in [0.15, 0.2) is 0 Å². The number of nitrogens with zero attached hydrogens (tertiary/aromatic N) is 2. The number of rotatable bonds is 0. The van der Waals surface area contributed by atoms with Gasteiger partial charge in [0.05, 0.1) is 18.2 Å². The van der Waals surface area contributed by atoms with Gasteiger partial charge in [0, 0.05) is 49.6 Å². The average Bonchev–Trinajstić information content (AvgIpc) is 3.54. The molecule has 1 unspecified atom stereocenters. The van der Waals surface area contributed by atoms with Crippen molar-refractivity contribution >= 4 is 11.6 Å². The Morgan fingerprint density at radius 1 is 1.10 bits per heavy atom. The number of nitriles is 1. The lowest BCUT2D eigenvalue weighted by atomic mass is 9.75. The molecular formula is C23H22N2O4. The maximum absolute atomic E-state index is 13.2. The molecule has 0 bridgehead atoms. The minimum absolute atomic E-state index is 0.0437. The lowest BCUT2D eigenvalue weighted by Gasteiger charge is -2.22. The molecule has 29 heavy (non-hydrogen) atoms. The second kappa shape index (κ2) is 6.78. The van der Waals surface area contributed by atoms with E-state index in [4.69, 9.17) is 14.2 Å². The normalized spacial score (nSPS) is 22.9. The Labute approximate surface area is 169 Å². The summed E-state index contributed by atoms with van der Waals surface area (Å²) >= 11 is 0. The third-order valence-electron chi connectivity index (χ3n) is 6.14. The smallest absolute Gasteiger partial charge is 0.245 e. The summed E-state index contributed by atoms with van der Waals surface area (Å²) in [6, 6.07) is 11.6. The summed E-state index contributed by atoms with van der Waals surface area (Å²) in [5, 5.41) is 9.58. The average molecular weight is 390 g/mol. The van der Waals surface area contributed by atoms with Crippen LogP contribution in [0.2, 0.25) is 0 Å². The molecule has 6 nitrogen and oxygen atoms in total. The largest absolute Gasteiger partial charge is 0.493 e. The molecule has 2 aromatic carbocycles. The number of likely N-dealkylation sites (N-methyl/N-ethyl adjacent to an activating group) is 1. The molecule has 0 radical (unpaired) electrons. The van der Waals surface area contributed by atoms with Crippen molar-refractivity contribution in [2.24, 2.45) is 0 Å². The minimum Gasteiger partial charge on any atom is -0.493 e. The molecule has 1 saturated heterocycles. The van der Waals surface area contributed by atoms with E-state index in [9.17, 15) is 10.1 Å². The van der Waals surface area contributed by atoms with Crippen LogP contribution < -0.4 is 14.4 Å². The van der Waals surface area contributed by atoms with E-state index in [0.29, 0.717) is 17.9 Å². The maximum atomic E-state index is 13.2. The van der Waals surface area contributed by atoms with Crippen molar-refractivity contribution in [1.82, 2.24) is 0 Å². The molecule has 2 aromatic rings. The molecule has 6 heteroatoms. The van der Waals surface area contributed by atoms with Gasteiger partial charge < -0.3 is 19.1 Å². The number of benzene rings is 2. The number of hydrogen-bond donors (Lipinski definition) is 0. The van der Waals surface area contributed by atoms with E-state index in [1.165, 1.54) is 12.8 Å². The van der Waals surface area contributed by atoms with Crippen molar-refractivity contribution < 1.29 is 19.0 Å². The third-order valence-corrected chi connectivity index (χ3v) is 6.14. The van der Waals surface area contributed by atoms with Crippen molar-refractivity contribution in [1.29, 1.82) is 5.26 Å². The molecule has 4 heterocycles. The summed E-state index contributed by atoms with van der Waals surface area (Å²) in [5.74, 6) is 1.47. The molecule has 6 rings (SSSR count). The molecule has 1 atom stereocenters. The topological polar surface area (TPSA) is 71.8 Å². The van der Waals surface area contributed by atoms with Gasteiger partial charge in [-0.3, -0.25) is 4.79 Å². The number of fused-ring (bicyclic) bond motifs is 5. The zero-order chi connectivity index (χ0) is 20.0. The van der Waals surface area contributed by atoms with Crippen molar-refractivity contribution in [3.63, 3.8) is 0 Å². The molecular weight excluding hydrogens is 368 g/mol. The highest BCUT2D eigenvalue weighted by Crippen LogP contribution is 2.54. The highest BCUT2D eigenvalue weighted by molar-refractivity contribution is 6.12. The van der Waals surface area contributed by atoms with Crippen LogP contribution in [0.4, 0.5) is 5.69 Å². The van der Waals surface area contributed by atoms with E-state index in [0.717, 1.165) is 47.8 Å². The van der Waals surface area contributed by atoms with Crippen LogP contribution in [0.1, 0.15) is 35.1 Å². The van der Waals surface area contributed by atoms with E-state index in [-0.39, 0.29) is 12.5 Å². The van der Waals surface area contributed by atoms with E-state index in [1.54, 1.807) is 18.0 Å². The number of carbonyl (C=O) groups excluding carboxylic acids is 1. The van der Waals surface area contributed by atoms with Gasteiger partial charge in [0.1, 0.15) is 23.5 Å². The van der Waals surface area contributed by atoms with Gasteiger partial charge in [0.25, 0.3) is 0 Å². The first-order chi connectivity index (χ1) is 14.2. The zero-order valence-electron chi connectivity index (χ0n) is 16.4. The van der Waals surface area contributed by atoms with Gasteiger partial charge in [-0.15, -0.1) is 0 Å². The molecule has 148 valence electrons. The fourth-order valence-corrected chi connectivity index (χ4v) is 4.68. The van der Waals surface area contributed by atoms with Gasteiger partial charge in [-0.25, -0.2) is 0 Å². The SMILES string of the molecule is C1CCOC1.CN1C(=O)C2(COc3cc4c(cc32)CCO4)c2c(C#N)cccc21. The van der Waals surface area contributed by atoms with Crippen LogP contribution in [0.3, 0.4) is 0 Å². The summed E-state index contributed by atoms with van der Waals surface area (Å²) in [7, 11) is 1.76. The molecule has 0 saturated carbocycles. The summed E-state index contributed by atoms with van der Waals surface area (Å²) in [6.07, 6.45) is 3.38. The van der Waals surface area contributed by atoms with Gasteiger partial charge in [-0.2, -0.15) is 5.26 Å². The number of anilines is 1. The number of carbonyl (C=O) groups is 1. The Bertz CT molecular complexity index is 1030. The van der Waals surface area contributed by atoms with Crippen LogP contribution in [0.25, 0.3) is 0 Å². The Kier molecular flexibility index (Phi) is 4.21. The lowest BCUT2D eigenvalue weighted by Crippen LogP contribution is -2.41. The van der Waals surface area contributed by atoms with Gasteiger partial charge in [0.2, 0.25) is 5.91 Å². The van der Waals surface area contributed by atoms with Crippen LogP contribution >= 0.6 is 0 Å². The van der Waals surface area contributed by atoms with Crippen LogP contribution in [-0.4, -0.2) is 39.4 Å². The minimum atomic E-state index is -0.927. The zero-order valence-corrected chi connectivity index (χ0v) is 16.4. The Hall–Kier alpha value is -3.04. The van der Waals surface area contributed by atoms with Gasteiger partial charge in [-0.1, -0.05) is 6.07 Å². The van der Waals surface area contributed by atoms with Crippen LogP contribution in [0, 0.1) is 11.3 Å². The van der Waals surface area contributed by atoms with Gasteiger partial charge >= 0.3 is 0 Å². The Morgan fingerprint density at radius 3 is 2.66 bits per heavy atom. The van der Waals surface area contributed by atoms with E-state index < -0.39 is 5.41 Å². The molecule has 0 aromatic heterocycles. The van der Waals surface area contributed by atoms with E-state index >= 15 is 0 Å². The second-order valence-corrected chi connectivity index (χ2v) is 7.74. The molecule has 1 fully saturated rings. The lowest BCUT2D eigenvalue weighted by molar-refractivity contribution is -0.121. The first-order valence-corrected chi connectivity index (χ1v) is 9.99. The molecule has 1 spiro atoms. The number of amides is 1. The van der Waals surface area contributed by atoms with Crippen molar-refractivity contribution in [3.05, 3.63) is 52.6 Å². The summed E-state index contributed by atoms with van der Waals surface area (Å²) in [6.45, 7) is 2.87. The highest BCUT2D eigenvalue weighted by Gasteiger charge is 2.57. The van der Waals surface area contributed by atoms with Crippen LogP contribution in [0.5, 0.6) is 11.5 Å². The van der Waals surface area contributed by atoms with Crippen molar-refractivity contribution in [2.45, 2.75) is 24.7 Å². The fourth-order valence-electron chi connectivity index (χ4n) is 4.68. The monoisotopic (exact) mass is 390 g/mol. The first-order valence-electron chi connectivity index (χ1n) is 9.99.